The molecule has 0 fully saturated rings. The Bertz CT molecular complexity index is 801. The fourth-order valence-electron chi connectivity index (χ4n) is 2.01. The van der Waals surface area contributed by atoms with E-state index in [2.05, 4.69) is 11.9 Å². The first-order valence-corrected chi connectivity index (χ1v) is 7.72. The number of ether oxygens (including phenoxy) is 2. The Morgan fingerprint density at radius 3 is 2.44 bits per heavy atom. The van der Waals surface area contributed by atoms with E-state index in [4.69, 9.17) is 15.2 Å². The molecule has 6 heteroatoms. The van der Waals surface area contributed by atoms with E-state index < -0.39 is 5.97 Å². The van der Waals surface area contributed by atoms with E-state index in [1.165, 1.54) is 19.1 Å². The number of esters is 1. The lowest BCUT2D eigenvalue weighted by molar-refractivity contribution is -0.130. The quantitative estimate of drug-likeness (QED) is 0.364. The van der Waals surface area contributed by atoms with Gasteiger partial charge in [0.1, 0.15) is 5.75 Å². The minimum absolute atomic E-state index is 0.125. The molecule has 3 N–H and O–H groups in total. The summed E-state index contributed by atoms with van der Waals surface area (Å²) >= 11 is 0. The number of carbonyl (C=O) groups is 2. The molecule has 130 valence electrons. The van der Waals surface area contributed by atoms with Crippen LogP contribution in [0, 0.1) is 0 Å². The monoisotopic (exact) mass is 340 g/mol. The summed E-state index contributed by atoms with van der Waals surface area (Å²) in [7, 11) is 0. The highest BCUT2D eigenvalue weighted by Crippen LogP contribution is 2.35. The lowest BCUT2D eigenvalue weighted by Gasteiger charge is -2.15. The summed E-state index contributed by atoms with van der Waals surface area (Å²) in [5.74, 6) is -0.404. The van der Waals surface area contributed by atoms with Crippen molar-refractivity contribution in [1.29, 1.82) is 0 Å². The van der Waals surface area contributed by atoms with Crippen molar-refractivity contribution in [3.8, 4) is 11.5 Å². The predicted octanol–water partition coefficient (Wildman–Crippen LogP) is 3.40. The number of nitrogens with one attached hydrogen (secondary N) is 1. The SMILES string of the molecule is C=C(C)C(=O)Oc1cc(NC(=O)c2ccccc2)c(OCC)cc1N. The van der Waals surface area contributed by atoms with Gasteiger partial charge < -0.3 is 20.5 Å². The molecule has 0 spiro atoms. The maximum atomic E-state index is 12.4. The Morgan fingerprint density at radius 1 is 1.16 bits per heavy atom. The third kappa shape index (κ3) is 4.60. The lowest BCUT2D eigenvalue weighted by atomic mass is 10.2. The van der Waals surface area contributed by atoms with Gasteiger partial charge in [-0.25, -0.2) is 4.79 Å². The second-order valence-electron chi connectivity index (χ2n) is 5.31. The van der Waals surface area contributed by atoms with Crippen LogP contribution in [-0.4, -0.2) is 18.5 Å². The van der Waals surface area contributed by atoms with Crippen LogP contribution in [0.3, 0.4) is 0 Å². The number of amides is 1. The predicted molar refractivity (Wildman–Crippen MR) is 96.9 cm³/mol. The molecule has 0 unspecified atom stereocenters. The van der Waals surface area contributed by atoms with E-state index in [1.807, 2.05) is 13.0 Å². The Labute approximate surface area is 146 Å². The van der Waals surface area contributed by atoms with Crippen molar-refractivity contribution >= 4 is 23.3 Å². The Morgan fingerprint density at radius 2 is 1.84 bits per heavy atom. The van der Waals surface area contributed by atoms with Gasteiger partial charge in [-0.2, -0.15) is 0 Å². The molecule has 1 amide bonds. The first-order chi connectivity index (χ1) is 11.9. The smallest absolute Gasteiger partial charge is 0.338 e. The van der Waals surface area contributed by atoms with Crippen LogP contribution in [0.4, 0.5) is 11.4 Å². The highest BCUT2D eigenvalue weighted by atomic mass is 16.5. The molecular weight excluding hydrogens is 320 g/mol. The fraction of sp³-hybridized carbons (Fsp3) is 0.158. The first-order valence-electron chi connectivity index (χ1n) is 7.72. The maximum Gasteiger partial charge on any atom is 0.338 e. The summed E-state index contributed by atoms with van der Waals surface area (Å²) in [6.07, 6.45) is 0. The van der Waals surface area contributed by atoms with Crippen LogP contribution in [0.1, 0.15) is 24.2 Å². The maximum absolute atomic E-state index is 12.4. The number of carbonyl (C=O) groups excluding carboxylic acids is 2. The zero-order valence-electron chi connectivity index (χ0n) is 14.2. The molecule has 2 rings (SSSR count). The molecule has 0 saturated heterocycles. The van der Waals surface area contributed by atoms with E-state index in [-0.39, 0.29) is 22.9 Å². The van der Waals surface area contributed by atoms with Crippen LogP contribution in [-0.2, 0) is 4.79 Å². The largest absolute Gasteiger partial charge is 0.492 e. The molecule has 0 aliphatic carbocycles. The van der Waals surface area contributed by atoms with Crippen LogP contribution in [0.25, 0.3) is 0 Å². The number of hydrogen-bond acceptors (Lipinski definition) is 5. The third-order valence-electron chi connectivity index (χ3n) is 3.25. The number of rotatable bonds is 6. The van der Waals surface area contributed by atoms with Gasteiger partial charge in [-0.3, -0.25) is 4.79 Å². The van der Waals surface area contributed by atoms with Gasteiger partial charge in [0.25, 0.3) is 5.91 Å². The Balaban J connectivity index is 2.34. The summed E-state index contributed by atoms with van der Waals surface area (Å²) in [6, 6.07) is 11.7. The third-order valence-corrected chi connectivity index (χ3v) is 3.25. The standard InChI is InChI=1S/C19H20N2O4/c1-4-24-17-10-14(20)16(25-19(23)12(2)3)11-15(17)21-18(22)13-8-6-5-7-9-13/h5-11H,2,4,20H2,1,3H3,(H,21,22). The average molecular weight is 340 g/mol. The summed E-state index contributed by atoms with van der Waals surface area (Å²) in [4.78, 5) is 24.1. The summed E-state index contributed by atoms with van der Waals surface area (Å²) in [5, 5.41) is 2.75. The summed E-state index contributed by atoms with van der Waals surface area (Å²) < 4.78 is 10.7. The van der Waals surface area contributed by atoms with E-state index in [0.29, 0.717) is 23.6 Å². The fourth-order valence-corrected chi connectivity index (χ4v) is 2.01. The molecule has 0 bridgehead atoms. The normalized spacial score (nSPS) is 10.0. The van der Waals surface area contributed by atoms with E-state index in [0.717, 1.165) is 0 Å². The molecule has 0 heterocycles. The average Bonchev–Trinajstić information content (AvgIpc) is 2.59. The van der Waals surface area contributed by atoms with Crippen molar-refractivity contribution in [1.82, 2.24) is 0 Å². The highest BCUT2D eigenvalue weighted by Gasteiger charge is 2.16. The minimum atomic E-state index is -0.601. The van der Waals surface area contributed by atoms with Crippen molar-refractivity contribution in [2.75, 3.05) is 17.7 Å². The van der Waals surface area contributed by atoms with Crippen LogP contribution >= 0.6 is 0 Å². The van der Waals surface area contributed by atoms with E-state index in [9.17, 15) is 9.59 Å². The van der Waals surface area contributed by atoms with Crippen molar-refractivity contribution in [3.63, 3.8) is 0 Å². The molecule has 25 heavy (non-hydrogen) atoms. The number of anilines is 2. The minimum Gasteiger partial charge on any atom is -0.492 e. The second-order valence-corrected chi connectivity index (χ2v) is 5.31. The van der Waals surface area contributed by atoms with Crippen LogP contribution in [0.2, 0.25) is 0 Å². The van der Waals surface area contributed by atoms with Gasteiger partial charge in [0.2, 0.25) is 0 Å². The zero-order valence-corrected chi connectivity index (χ0v) is 14.2. The van der Waals surface area contributed by atoms with Gasteiger partial charge in [-0.05, 0) is 26.0 Å². The van der Waals surface area contributed by atoms with Gasteiger partial charge in [-0.15, -0.1) is 0 Å². The first kappa shape index (κ1) is 18.1. The topological polar surface area (TPSA) is 90.6 Å². The van der Waals surface area contributed by atoms with Crippen molar-refractivity contribution in [2.24, 2.45) is 0 Å². The summed E-state index contributed by atoms with van der Waals surface area (Å²) in [5.41, 5.74) is 7.21. The summed E-state index contributed by atoms with van der Waals surface area (Å²) in [6.45, 7) is 7.26. The molecule has 0 radical (unpaired) electrons. The zero-order chi connectivity index (χ0) is 18.4. The molecular formula is C19H20N2O4. The van der Waals surface area contributed by atoms with Gasteiger partial charge in [0.05, 0.1) is 18.0 Å². The Kier molecular flexibility index (Phi) is 5.79. The molecule has 6 nitrogen and oxygen atoms in total. The molecule has 0 aliphatic heterocycles. The second kappa shape index (κ2) is 8.01. The molecule has 2 aromatic carbocycles. The number of nitrogens with two attached hydrogens (primary N) is 1. The molecule has 0 aromatic heterocycles. The Hall–Kier alpha value is -3.28. The van der Waals surface area contributed by atoms with Crippen molar-refractivity contribution < 1.29 is 19.1 Å². The number of nitrogen functional groups attached to an aromatic ring is 1. The van der Waals surface area contributed by atoms with Crippen molar-refractivity contribution in [2.45, 2.75) is 13.8 Å². The molecule has 0 aliphatic rings. The number of hydrogen-bond donors (Lipinski definition) is 2. The lowest BCUT2D eigenvalue weighted by Crippen LogP contribution is -2.14. The van der Waals surface area contributed by atoms with Gasteiger partial charge in [0.15, 0.2) is 5.75 Å². The van der Waals surface area contributed by atoms with Gasteiger partial charge >= 0.3 is 5.97 Å². The van der Waals surface area contributed by atoms with Crippen LogP contribution in [0.15, 0.2) is 54.6 Å². The van der Waals surface area contributed by atoms with Crippen LogP contribution < -0.4 is 20.5 Å². The molecule has 0 saturated carbocycles. The van der Waals surface area contributed by atoms with Gasteiger partial charge in [0, 0.05) is 23.3 Å². The highest BCUT2D eigenvalue weighted by molar-refractivity contribution is 6.05. The number of benzene rings is 2. The van der Waals surface area contributed by atoms with Crippen molar-refractivity contribution in [3.05, 3.63) is 60.2 Å². The van der Waals surface area contributed by atoms with E-state index >= 15 is 0 Å². The molecule has 2 aromatic rings. The van der Waals surface area contributed by atoms with Gasteiger partial charge in [-0.1, -0.05) is 24.8 Å². The molecule has 0 atom stereocenters. The van der Waals surface area contributed by atoms with E-state index in [1.54, 1.807) is 24.3 Å². The van der Waals surface area contributed by atoms with Crippen LogP contribution in [0.5, 0.6) is 11.5 Å².